The van der Waals surface area contributed by atoms with Crippen molar-refractivity contribution in [2.24, 2.45) is 0 Å². The van der Waals surface area contributed by atoms with E-state index in [0.717, 1.165) is 24.1 Å². The number of hydrogen-bond acceptors (Lipinski definition) is 5. The number of piperazine rings is 1. The Balaban J connectivity index is 1.48. The van der Waals surface area contributed by atoms with E-state index in [0.29, 0.717) is 30.3 Å². The molecule has 10 heteroatoms. The Kier molecular flexibility index (Phi) is 6.40. The highest BCUT2D eigenvalue weighted by molar-refractivity contribution is 7.89. The van der Waals surface area contributed by atoms with Crippen molar-refractivity contribution >= 4 is 16.0 Å². The normalized spacial score (nSPS) is 15.6. The molecule has 1 aromatic heterocycles. The van der Waals surface area contributed by atoms with E-state index in [1.165, 1.54) is 16.6 Å². The van der Waals surface area contributed by atoms with Gasteiger partial charge in [0.25, 0.3) is 0 Å². The Morgan fingerprint density at radius 1 is 0.970 bits per heavy atom. The lowest BCUT2D eigenvalue weighted by Gasteiger charge is -2.34. The topological polar surface area (TPSA) is 66.4 Å². The van der Waals surface area contributed by atoms with Crippen molar-refractivity contribution in [1.29, 1.82) is 0 Å². The van der Waals surface area contributed by atoms with Gasteiger partial charge in [-0.1, -0.05) is 31.2 Å². The number of halogens is 3. The van der Waals surface area contributed by atoms with Crippen molar-refractivity contribution in [3.63, 3.8) is 0 Å². The molecule has 1 aliphatic heterocycles. The fourth-order valence-corrected chi connectivity index (χ4v) is 5.11. The largest absolute Gasteiger partial charge is 0.416 e. The fraction of sp³-hybridized carbons (Fsp3) is 0.304. The fourth-order valence-electron chi connectivity index (χ4n) is 3.69. The van der Waals surface area contributed by atoms with Crippen LogP contribution in [0, 0.1) is 0 Å². The van der Waals surface area contributed by atoms with Gasteiger partial charge < -0.3 is 4.90 Å². The van der Waals surface area contributed by atoms with Gasteiger partial charge >= 0.3 is 6.18 Å². The van der Waals surface area contributed by atoms with Crippen LogP contribution in [0.4, 0.5) is 19.1 Å². The summed E-state index contributed by atoms with van der Waals surface area (Å²) in [6.07, 6.45) is -2.11. The summed E-state index contributed by atoms with van der Waals surface area (Å²) in [5, 5.41) is 0. The second kappa shape index (κ2) is 9.11. The van der Waals surface area contributed by atoms with Crippen molar-refractivity contribution in [3.8, 4) is 11.3 Å². The smallest absolute Gasteiger partial charge is 0.338 e. The number of aryl methyl sites for hydroxylation is 1. The van der Waals surface area contributed by atoms with E-state index in [-0.39, 0.29) is 18.0 Å². The summed E-state index contributed by atoms with van der Waals surface area (Å²) in [4.78, 5) is 10.8. The molecule has 174 valence electrons. The second-order valence-electron chi connectivity index (χ2n) is 7.71. The number of nitrogens with zero attached hydrogens (tertiary/aromatic N) is 4. The molecule has 0 unspecified atom stereocenters. The van der Waals surface area contributed by atoms with Crippen molar-refractivity contribution in [2.45, 2.75) is 24.4 Å². The summed E-state index contributed by atoms with van der Waals surface area (Å²) in [7, 11) is -3.60. The summed E-state index contributed by atoms with van der Waals surface area (Å²) >= 11 is 0. The number of rotatable bonds is 5. The minimum atomic E-state index is -4.44. The van der Waals surface area contributed by atoms with Gasteiger partial charge in [0.05, 0.1) is 16.2 Å². The highest BCUT2D eigenvalue weighted by Crippen LogP contribution is 2.32. The maximum atomic E-state index is 13.1. The quantitative estimate of drug-likeness (QED) is 0.551. The summed E-state index contributed by atoms with van der Waals surface area (Å²) in [5.41, 5.74) is 1.03. The summed E-state index contributed by atoms with van der Waals surface area (Å²) in [5.74, 6) is 0.356. The number of hydrogen-bond donors (Lipinski definition) is 0. The summed E-state index contributed by atoms with van der Waals surface area (Å²) < 4.78 is 66.5. The van der Waals surface area contributed by atoms with Crippen LogP contribution in [-0.4, -0.2) is 48.9 Å². The minimum Gasteiger partial charge on any atom is -0.338 e. The molecule has 2 aromatic carbocycles. The van der Waals surface area contributed by atoms with Crippen LogP contribution in [0.2, 0.25) is 0 Å². The minimum absolute atomic E-state index is 0.259. The molecule has 33 heavy (non-hydrogen) atoms. The van der Waals surface area contributed by atoms with E-state index in [4.69, 9.17) is 0 Å². The molecule has 0 aliphatic carbocycles. The molecule has 4 rings (SSSR count). The van der Waals surface area contributed by atoms with Crippen LogP contribution in [0.5, 0.6) is 0 Å². The average Bonchev–Trinajstić information content (AvgIpc) is 2.84. The van der Waals surface area contributed by atoms with E-state index in [1.807, 2.05) is 24.0 Å². The molecular formula is C23H23F3N4O2S. The lowest BCUT2D eigenvalue weighted by Crippen LogP contribution is -2.49. The van der Waals surface area contributed by atoms with Gasteiger partial charge in [-0.3, -0.25) is 0 Å². The lowest BCUT2D eigenvalue weighted by atomic mass is 10.1. The van der Waals surface area contributed by atoms with Gasteiger partial charge in [0, 0.05) is 37.9 Å². The monoisotopic (exact) mass is 476 g/mol. The highest BCUT2D eigenvalue weighted by atomic mass is 32.2. The first-order valence-corrected chi connectivity index (χ1v) is 12.0. The number of sulfonamides is 1. The molecule has 3 aromatic rings. The van der Waals surface area contributed by atoms with Gasteiger partial charge in [-0.05, 0) is 42.3 Å². The first-order valence-electron chi connectivity index (χ1n) is 10.5. The Bertz CT molecular complexity index is 1220. The van der Waals surface area contributed by atoms with E-state index in [2.05, 4.69) is 9.97 Å². The Hall–Kier alpha value is -2.98. The van der Waals surface area contributed by atoms with Crippen LogP contribution in [-0.2, 0) is 22.6 Å². The molecule has 0 atom stereocenters. The Morgan fingerprint density at radius 3 is 2.30 bits per heavy atom. The van der Waals surface area contributed by atoms with Gasteiger partial charge in [-0.15, -0.1) is 0 Å². The van der Waals surface area contributed by atoms with Gasteiger partial charge in [-0.2, -0.15) is 17.5 Å². The molecule has 0 spiro atoms. The van der Waals surface area contributed by atoms with Crippen LogP contribution in [0.3, 0.4) is 0 Å². The van der Waals surface area contributed by atoms with Crippen LogP contribution < -0.4 is 4.90 Å². The first kappa shape index (κ1) is 23.2. The van der Waals surface area contributed by atoms with Crippen LogP contribution in [0.1, 0.15) is 18.1 Å². The predicted octanol–water partition coefficient (Wildman–Crippen LogP) is 4.24. The predicted molar refractivity (Wildman–Crippen MR) is 119 cm³/mol. The molecule has 6 nitrogen and oxygen atoms in total. The lowest BCUT2D eigenvalue weighted by molar-refractivity contribution is -0.137. The standard InChI is InChI=1S/C23H23F3N4O2S/c1-2-17-6-8-20(9-7-17)33(31,32)30-14-12-29(13-15-30)22-27-11-10-21(28-22)18-4-3-5-19(16-18)23(24,25)26/h3-11,16H,2,12-15H2,1H3. The average molecular weight is 477 g/mol. The van der Waals surface area contributed by atoms with Crippen LogP contribution >= 0.6 is 0 Å². The molecule has 1 fully saturated rings. The number of benzene rings is 2. The van der Waals surface area contributed by atoms with Crippen LogP contribution in [0.25, 0.3) is 11.3 Å². The third-order valence-electron chi connectivity index (χ3n) is 5.62. The molecule has 0 radical (unpaired) electrons. The summed E-state index contributed by atoms with van der Waals surface area (Å²) in [6.45, 7) is 3.27. The molecule has 0 amide bonds. The van der Waals surface area contributed by atoms with E-state index in [1.54, 1.807) is 24.3 Å². The molecule has 2 heterocycles. The zero-order valence-electron chi connectivity index (χ0n) is 18.0. The van der Waals surface area contributed by atoms with Gasteiger partial charge in [0.1, 0.15) is 0 Å². The second-order valence-corrected chi connectivity index (χ2v) is 9.65. The van der Waals surface area contributed by atoms with Gasteiger partial charge in [0.2, 0.25) is 16.0 Å². The first-order chi connectivity index (χ1) is 15.7. The van der Waals surface area contributed by atoms with Crippen molar-refractivity contribution in [2.75, 3.05) is 31.1 Å². The van der Waals surface area contributed by atoms with Crippen molar-refractivity contribution in [1.82, 2.24) is 14.3 Å². The maximum absolute atomic E-state index is 13.1. The Morgan fingerprint density at radius 2 is 1.67 bits per heavy atom. The summed E-state index contributed by atoms with van der Waals surface area (Å²) in [6, 6.07) is 13.4. The number of alkyl halides is 3. The van der Waals surface area contributed by atoms with E-state index < -0.39 is 21.8 Å². The SMILES string of the molecule is CCc1ccc(S(=O)(=O)N2CCN(c3nccc(-c4cccc(C(F)(F)F)c4)n3)CC2)cc1. The zero-order chi connectivity index (χ0) is 23.6. The van der Waals surface area contributed by atoms with Gasteiger partial charge in [-0.25, -0.2) is 18.4 Å². The molecule has 0 bridgehead atoms. The van der Waals surface area contributed by atoms with Crippen LogP contribution in [0.15, 0.2) is 65.7 Å². The van der Waals surface area contributed by atoms with Gasteiger partial charge in [0.15, 0.2) is 0 Å². The highest BCUT2D eigenvalue weighted by Gasteiger charge is 2.31. The van der Waals surface area contributed by atoms with E-state index in [9.17, 15) is 21.6 Å². The molecule has 0 saturated carbocycles. The zero-order valence-corrected chi connectivity index (χ0v) is 18.8. The molecular weight excluding hydrogens is 453 g/mol. The Labute approximate surface area is 190 Å². The third kappa shape index (κ3) is 5.01. The third-order valence-corrected chi connectivity index (χ3v) is 7.53. The van der Waals surface area contributed by atoms with Crippen molar-refractivity contribution < 1.29 is 21.6 Å². The molecule has 0 N–H and O–H groups in total. The van der Waals surface area contributed by atoms with E-state index >= 15 is 0 Å². The number of anilines is 1. The number of aromatic nitrogens is 2. The van der Waals surface area contributed by atoms with Crippen molar-refractivity contribution in [3.05, 3.63) is 71.9 Å². The molecule has 1 aliphatic rings. The molecule has 1 saturated heterocycles. The maximum Gasteiger partial charge on any atom is 0.416 e.